The van der Waals surface area contributed by atoms with Crippen molar-refractivity contribution in [2.75, 3.05) is 5.32 Å². The van der Waals surface area contributed by atoms with Crippen molar-refractivity contribution in [3.05, 3.63) is 39.4 Å². The fourth-order valence-electron chi connectivity index (χ4n) is 1.27. The van der Waals surface area contributed by atoms with Gasteiger partial charge in [-0.2, -0.15) is 0 Å². The van der Waals surface area contributed by atoms with E-state index in [0.717, 1.165) is 10.0 Å². The Morgan fingerprint density at radius 1 is 1.22 bits per heavy atom. The van der Waals surface area contributed by atoms with Gasteiger partial charge in [0.2, 0.25) is 0 Å². The summed E-state index contributed by atoms with van der Waals surface area (Å²) in [5.74, 6) is -1.51. The van der Waals surface area contributed by atoms with E-state index in [1.165, 1.54) is 13.8 Å². The number of aliphatic carboxylic acids is 1. The van der Waals surface area contributed by atoms with E-state index in [9.17, 15) is 9.59 Å². The molecule has 18 heavy (non-hydrogen) atoms. The van der Waals surface area contributed by atoms with Gasteiger partial charge in [0.15, 0.2) is 0 Å². The Labute approximate surface area is 114 Å². The lowest BCUT2D eigenvalue weighted by atomic mass is 10.1. The van der Waals surface area contributed by atoms with E-state index in [1.54, 1.807) is 6.07 Å². The van der Waals surface area contributed by atoms with Crippen molar-refractivity contribution in [1.82, 2.24) is 0 Å². The van der Waals surface area contributed by atoms with E-state index >= 15 is 0 Å². The number of carbonyl (C=O) groups excluding carboxylic acids is 1. The topological polar surface area (TPSA) is 66.4 Å². The molecule has 0 spiro atoms. The van der Waals surface area contributed by atoms with Gasteiger partial charge >= 0.3 is 5.97 Å². The van der Waals surface area contributed by atoms with Crippen molar-refractivity contribution >= 4 is 33.5 Å². The third-order valence-electron chi connectivity index (χ3n) is 2.60. The highest BCUT2D eigenvalue weighted by atomic mass is 79.9. The molecular weight excluding hydrogens is 298 g/mol. The minimum Gasteiger partial charge on any atom is -0.478 e. The second kappa shape index (κ2) is 5.82. The summed E-state index contributed by atoms with van der Waals surface area (Å²) in [5, 5.41) is 11.5. The molecule has 4 nitrogen and oxygen atoms in total. The number of halogens is 1. The minimum absolute atomic E-state index is 0.0377. The normalized spacial score (nSPS) is 11.8. The molecule has 0 atom stereocenters. The number of carboxylic acid groups (broad SMARTS) is 1. The zero-order valence-electron chi connectivity index (χ0n) is 10.4. The standard InChI is InChI=1S/C13H14BrNO3/c1-7-4-5-11(10(14)6-7)15-12(16)8(2)9(3)13(17)18/h4-6H,1-3H3,(H,15,16)(H,17,18)/b9-8-. The average Bonchev–Trinajstić information content (AvgIpc) is 2.30. The molecule has 5 heteroatoms. The third-order valence-corrected chi connectivity index (χ3v) is 3.25. The van der Waals surface area contributed by atoms with Crippen LogP contribution in [0.15, 0.2) is 33.8 Å². The predicted molar refractivity (Wildman–Crippen MR) is 73.5 cm³/mol. The number of benzene rings is 1. The first-order valence-corrected chi connectivity index (χ1v) is 6.10. The van der Waals surface area contributed by atoms with Gasteiger partial charge in [-0.25, -0.2) is 4.79 Å². The molecule has 0 saturated carbocycles. The van der Waals surface area contributed by atoms with Crippen molar-refractivity contribution in [2.45, 2.75) is 20.8 Å². The molecule has 96 valence electrons. The Morgan fingerprint density at radius 3 is 2.33 bits per heavy atom. The van der Waals surface area contributed by atoms with Crippen LogP contribution in [0.25, 0.3) is 0 Å². The third kappa shape index (κ3) is 3.43. The van der Waals surface area contributed by atoms with E-state index in [1.807, 2.05) is 19.1 Å². The molecule has 0 aliphatic rings. The molecule has 0 aromatic heterocycles. The summed E-state index contributed by atoms with van der Waals surface area (Å²) >= 11 is 3.34. The summed E-state index contributed by atoms with van der Waals surface area (Å²) in [7, 11) is 0. The van der Waals surface area contributed by atoms with Crippen LogP contribution in [0.5, 0.6) is 0 Å². The lowest BCUT2D eigenvalue weighted by molar-refractivity contribution is -0.133. The Kier molecular flexibility index (Phi) is 4.67. The lowest BCUT2D eigenvalue weighted by Gasteiger charge is -2.09. The van der Waals surface area contributed by atoms with Crippen LogP contribution in [0, 0.1) is 6.92 Å². The monoisotopic (exact) mass is 311 g/mol. The minimum atomic E-state index is -1.09. The van der Waals surface area contributed by atoms with Gasteiger partial charge in [0.1, 0.15) is 0 Å². The van der Waals surface area contributed by atoms with Crippen molar-refractivity contribution in [1.29, 1.82) is 0 Å². The van der Waals surface area contributed by atoms with Crippen molar-refractivity contribution < 1.29 is 14.7 Å². The summed E-state index contributed by atoms with van der Waals surface area (Å²) in [4.78, 5) is 22.6. The fraction of sp³-hybridized carbons (Fsp3) is 0.231. The predicted octanol–water partition coefficient (Wildman–Crippen LogP) is 3.12. The van der Waals surface area contributed by atoms with Crippen molar-refractivity contribution in [3.8, 4) is 0 Å². The fourth-order valence-corrected chi connectivity index (χ4v) is 1.86. The molecule has 0 bridgehead atoms. The van der Waals surface area contributed by atoms with Gasteiger partial charge in [-0.1, -0.05) is 6.07 Å². The van der Waals surface area contributed by atoms with Gasteiger partial charge in [0.05, 0.1) is 5.69 Å². The van der Waals surface area contributed by atoms with Gasteiger partial charge in [0, 0.05) is 15.6 Å². The zero-order chi connectivity index (χ0) is 13.9. The molecule has 2 N–H and O–H groups in total. The van der Waals surface area contributed by atoms with Crippen LogP contribution in [0.4, 0.5) is 5.69 Å². The SMILES string of the molecule is C/C(C(=O)O)=C(\C)C(=O)Nc1ccc(C)cc1Br. The summed E-state index contributed by atoms with van der Waals surface area (Å²) in [5.41, 5.74) is 1.91. The van der Waals surface area contributed by atoms with Crippen LogP contribution >= 0.6 is 15.9 Å². The highest BCUT2D eigenvalue weighted by Gasteiger charge is 2.13. The van der Waals surface area contributed by atoms with Crippen LogP contribution in [0.2, 0.25) is 0 Å². The van der Waals surface area contributed by atoms with Crippen LogP contribution in [-0.2, 0) is 9.59 Å². The zero-order valence-corrected chi connectivity index (χ0v) is 12.0. The smallest absolute Gasteiger partial charge is 0.331 e. The Balaban J connectivity index is 2.95. The molecule has 0 saturated heterocycles. The number of carbonyl (C=O) groups is 2. The maximum atomic E-state index is 11.8. The van der Waals surface area contributed by atoms with Gasteiger partial charge in [-0.05, 0) is 54.4 Å². The molecule has 0 unspecified atom stereocenters. The molecule has 0 heterocycles. The highest BCUT2D eigenvalue weighted by Crippen LogP contribution is 2.24. The molecule has 1 amide bonds. The molecular formula is C13H14BrNO3. The van der Waals surface area contributed by atoms with E-state index in [4.69, 9.17) is 5.11 Å². The Bertz CT molecular complexity index is 535. The number of carboxylic acids is 1. The van der Waals surface area contributed by atoms with Crippen LogP contribution in [-0.4, -0.2) is 17.0 Å². The quantitative estimate of drug-likeness (QED) is 0.843. The maximum Gasteiger partial charge on any atom is 0.331 e. The first kappa shape index (κ1) is 14.4. The number of aryl methyl sites for hydroxylation is 1. The van der Waals surface area contributed by atoms with Crippen molar-refractivity contribution in [3.63, 3.8) is 0 Å². The van der Waals surface area contributed by atoms with Crippen molar-refractivity contribution in [2.24, 2.45) is 0 Å². The number of hydrogen-bond donors (Lipinski definition) is 2. The summed E-state index contributed by atoms with van der Waals surface area (Å²) in [6.45, 7) is 4.83. The molecule has 0 radical (unpaired) electrons. The Morgan fingerprint density at radius 2 is 1.83 bits per heavy atom. The van der Waals surface area contributed by atoms with Gasteiger partial charge in [-0.3, -0.25) is 4.79 Å². The lowest BCUT2D eigenvalue weighted by Crippen LogP contribution is -2.16. The van der Waals surface area contributed by atoms with Crippen LogP contribution < -0.4 is 5.32 Å². The molecule has 1 rings (SSSR count). The Hall–Kier alpha value is -1.62. The summed E-state index contributed by atoms with van der Waals surface area (Å²) in [6.07, 6.45) is 0. The maximum absolute atomic E-state index is 11.8. The number of nitrogens with one attached hydrogen (secondary N) is 1. The second-order valence-corrected chi connectivity index (χ2v) is 4.85. The van der Waals surface area contributed by atoms with Crippen LogP contribution in [0.1, 0.15) is 19.4 Å². The summed E-state index contributed by atoms with van der Waals surface area (Å²) < 4.78 is 0.761. The van der Waals surface area contributed by atoms with E-state index in [2.05, 4.69) is 21.2 Å². The highest BCUT2D eigenvalue weighted by molar-refractivity contribution is 9.10. The van der Waals surface area contributed by atoms with E-state index in [-0.39, 0.29) is 11.1 Å². The molecule has 1 aromatic rings. The number of hydrogen-bond acceptors (Lipinski definition) is 2. The molecule has 0 aliphatic carbocycles. The van der Waals surface area contributed by atoms with Gasteiger partial charge in [0.25, 0.3) is 5.91 Å². The van der Waals surface area contributed by atoms with Gasteiger partial charge in [-0.15, -0.1) is 0 Å². The van der Waals surface area contributed by atoms with E-state index < -0.39 is 11.9 Å². The summed E-state index contributed by atoms with van der Waals surface area (Å²) in [6, 6.07) is 5.50. The molecule has 1 aromatic carbocycles. The number of amides is 1. The van der Waals surface area contributed by atoms with Crippen LogP contribution in [0.3, 0.4) is 0 Å². The molecule has 0 aliphatic heterocycles. The first-order chi connectivity index (χ1) is 8.32. The van der Waals surface area contributed by atoms with E-state index in [0.29, 0.717) is 5.69 Å². The second-order valence-electron chi connectivity index (χ2n) is 3.99. The first-order valence-electron chi connectivity index (χ1n) is 5.31. The number of anilines is 1. The number of rotatable bonds is 3. The average molecular weight is 312 g/mol. The largest absolute Gasteiger partial charge is 0.478 e. The molecule has 0 fully saturated rings. The van der Waals surface area contributed by atoms with Gasteiger partial charge < -0.3 is 10.4 Å².